The van der Waals surface area contributed by atoms with E-state index in [1.165, 1.54) is 7.11 Å². The van der Waals surface area contributed by atoms with Crippen LogP contribution in [-0.4, -0.2) is 22.6 Å². The largest absolute Gasteiger partial charge is 0.469 e. The molecule has 4 nitrogen and oxygen atoms in total. The lowest BCUT2D eigenvalue weighted by Crippen LogP contribution is -2.03. The van der Waals surface area contributed by atoms with E-state index >= 15 is 0 Å². The normalized spacial score (nSPS) is 25.6. The van der Waals surface area contributed by atoms with Crippen LogP contribution < -0.4 is 0 Å². The molecule has 14 heavy (non-hydrogen) atoms. The highest BCUT2D eigenvalue weighted by Crippen LogP contribution is 2.48. The number of rotatable bonds is 3. The van der Waals surface area contributed by atoms with Gasteiger partial charge in [-0.2, -0.15) is 5.10 Å². The van der Waals surface area contributed by atoms with Crippen molar-refractivity contribution < 1.29 is 9.53 Å². The monoisotopic (exact) mass is 324 g/mol. The molecule has 76 valence electrons. The summed E-state index contributed by atoms with van der Waals surface area (Å²) >= 11 is 2.27. The summed E-state index contributed by atoms with van der Waals surface area (Å²) in [5, 5.41) is 4.18. The molecule has 0 aromatic carbocycles. The maximum Gasteiger partial charge on any atom is 0.309 e. The number of nitrogens with zero attached hydrogens (tertiary/aromatic N) is 2. The van der Waals surface area contributed by atoms with Gasteiger partial charge in [0.05, 0.1) is 25.6 Å². The zero-order valence-electron chi connectivity index (χ0n) is 7.61. The molecule has 3 atom stereocenters. The van der Waals surface area contributed by atoms with E-state index in [1.807, 2.05) is 16.8 Å². The zero-order valence-corrected chi connectivity index (χ0v) is 10.8. The van der Waals surface area contributed by atoms with Crippen molar-refractivity contribution in [2.45, 2.75) is 12.3 Å². The van der Waals surface area contributed by atoms with Crippen molar-refractivity contribution in [3.05, 3.63) is 18.0 Å². The number of esters is 1. The molecular weight excluding hydrogens is 314 g/mol. The van der Waals surface area contributed by atoms with Crippen LogP contribution in [-0.2, 0) is 9.53 Å². The summed E-state index contributed by atoms with van der Waals surface area (Å²) in [7, 11) is 1.44. The van der Waals surface area contributed by atoms with Crippen LogP contribution in [0.1, 0.15) is 17.9 Å². The highest BCUT2D eigenvalue weighted by Gasteiger charge is 2.45. The van der Waals surface area contributed by atoms with Gasteiger partial charge < -0.3 is 4.74 Å². The highest BCUT2D eigenvalue weighted by atomic mass is 127. The molecular formula is C8H10IN2O2P. The number of carbonyl (C=O) groups excluding carboxylic acids is 1. The van der Waals surface area contributed by atoms with Gasteiger partial charge in [-0.25, -0.2) is 4.45 Å². The van der Waals surface area contributed by atoms with Crippen LogP contribution in [0.5, 0.6) is 0 Å². The van der Waals surface area contributed by atoms with Crippen molar-refractivity contribution in [3.63, 3.8) is 0 Å². The van der Waals surface area contributed by atoms with E-state index in [1.54, 1.807) is 0 Å². The fraction of sp³-hybridized carbons (Fsp3) is 0.500. The summed E-state index contributed by atoms with van der Waals surface area (Å²) in [6.45, 7) is 0. The standard InChI is InChI=1S/C8H10IN2O2P/c1-13-8(12)7-2-6(7)5-3-10-11(4-5)14-9/h3-4,6-7,14H,2H2,1H3/t6-,7+/m0/s1. The third kappa shape index (κ3) is 1.93. The lowest BCUT2D eigenvalue weighted by atomic mass is 10.2. The number of halogens is 1. The van der Waals surface area contributed by atoms with Gasteiger partial charge in [-0.15, -0.1) is 0 Å². The minimum absolute atomic E-state index is 0.0650. The van der Waals surface area contributed by atoms with Crippen LogP contribution in [0, 0.1) is 5.92 Å². The van der Waals surface area contributed by atoms with E-state index in [2.05, 4.69) is 27.1 Å². The van der Waals surface area contributed by atoms with E-state index in [9.17, 15) is 4.79 Å². The van der Waals surface area contributed by atoms with Gasteiger partial charge in [-0.1, -0.05) is 0 Å². The molecule has 1 unspecified atom stereocenters. The minimum atomic E-state index is -0.0975. The molecule has 1 aromatic rings. The summed E-state index contributed by atoms with van der Waals surface area (Å²) in [6, 6.07) is 0. The fourth-order valence-corrected chi connectivity index (χ4v) is 2.64. The Bertz CT molecular complexity index is 355. The molecule has 1 saturated carbocycles. The number of ether oxygens (including phenoxy) is 1. The van der Waals surface area contributed by atoms with Crippen LogP contribution >= 0.6 is 28.4 Å². The molecule has 0 amide bonds. The Morgan fingerprint density at radius 1 is 1.86 bits per heavy atom. The summed E-state index contributed by atoms with van der Waals surface area (Å²) in [6.07, 6.45) is 5.38. The molecule has 0 spiro atoms. The molecule has 0 bridgehead atoms. The Morgan fingerprint density at radius 2 is 2.64 bits per heavy atom. The van der Waals surface area contributed by atoms with Crippen molar-refractivity contribution in [2.24, 2.45) is 5.92 Å². The molecule has 1 heterocycles. The maximum absolute atomic E-state index is 11.2. The third-order valence-electron chi connectivity index (χ3n) is 2.41. The predicted molar refractivity (Wildman–Crippen MR) is 62.8 cm³/mol. The number of hydrogen-bond acceptors (Lipinski definition) is 3. The van der Waals surface area contributed by atoms with Crippen LogP contribution in [0.2, 0.25) is 0 Å². The highest BCUT2D eigenvalue weighted by molar-refractivity contribution is 14.2. The summed E-state index contributed by atoms with van der Waals surface area (Å²) in [4.78, 5) is 11.2. The summed E-state index contributed by atoms with van der Waals surface area (Å²) in [5.74, 6) is 0.304. The molecule has 2 rings (SSSR count). The van der Waals surface area contributed by atoms with Crippen LogP contribution in [0.3, 0.4) is 0 Å². The topological polar surface area (TPSA) is 44.1 Å². The first kappa shape index (κ1) is 10.4. The number of methoxy groups -OCH3 is 1. The molecule has 0 N–H and O–H groups in total. The van der Waals surface area contributed by atoms with Gasteiger partial charge in [0.15, 0.2) is 0 Å². The molecule has 0 aliphatic heterocycles. The molecule has 0 radical (unpaired) electrons. The smallest absolute Gasteiger partial charge is 0.309 e. The second kappa shape index (κ2) is 4.14. The van der Waals surface area contributed by atoms with Gasteiger partial charge in [0, 0.05) is 12.1 Å². The number of carbonyl (C=O) groups is 1. The summed E-state index contributed by atoms with van der Waals surface area (Å²) < 4.78 is 6.58. The zero-order chi connectivity index (χ0) is 10.1. The molecule has 0 saturated heterocycles. The van der Waals surface area contributed by atoms with Gasteiger partial charge in [0.2, 0.25) is 0 Å². The number of aromatic nitrogens is 2. The molecule has 6 heteroatoms. The van der Waals surface area contributed by atoms with E-state index < -0.39 is 0 Å². The second-order valence-electron chi connectivity index (χ2n) is 3.27. The Balaban J connectivity index is 2.02. The molecule has 1 fully saturated rings. The molecule has 1 aromatic heterocycles. The quantitative estimate of drug-likeness (QED) is 0.485. The third-order valence-corrected chi connectivity index (χ3v) is 4.31. The van der Waals surface area contributed by atoms with E-state index in [0.29, 0.717) is 12.3 Å². The Labute approximate surface area is 96.7 Å². The van der Waals surface area contributed by atoms with E-state index in [4.69, 9.17) is 4.74 Å². The average molecular weight is 324 g/mol. The van der Waals surface area contributed by atoms with Crippen LogP contribution in [0.15, 0.2) is 12.4 Å². The lowest BCUT2D eigenvalue weighted by Gasteiger charge is -1.95. The Kier molecular flexibility index (Phi) is 3.07. The fourth-order valence-electron chi connectivity index (χ4n) is 1.55. The lowest BCUT2D eigenvalue weighted by molar-refractivity contribution is -0.142. The second-order valence-corrected chi connectivity index (χ2v) is 5.35. The van der Waals surface area contributed by atoms with Gasteiger partial charge in [-0.3, -0.25) is 4.79 Å². The van der Waals surface area contributed by atoms with E-state index in [-0.39, 0.29) is 11.9 Å². The van der Waals surface area contributed by atoms with Crippen molar-refractivity contribution >= 4 is 34.4 Å². The molecule has 1 aliphatic carbocycles. The van der Waals surface area contributed by atoms with Gasteiger partial charge >= 0.3 is 5.97 Å². The van der Waals surface area contributed by atoms with Crippen molar-refractivity contribution in [3.8, 4) is 0 Å². The van der Waals surface area contributed by atoms with Crippen molar-refractivity contribution in [1.29, 1.82) is 0 Å². The predicted octanol–water partition coefficient (Wildman–Crippen LogP) is 1.95. The first-order chi connectivity index (χ1) is 6.76. The molecule has 1 aliphatic rings. The van der Waals surface area contributed by atoms with Crippen LogP contribution in [0.4, 0.5) is 0 Å². The van der Waals surface area contributed by atoms with Gasteiger partial charge in [-0.05, 0) is 34.0 Å². The minimum Gasteiger partial charge on any atom is -0.469 e. The maximum atomic E-state index is 11.2. The van der Waals surface area contributed by atoms with Crippen LogP contribution in [0.25, 0.3) is 0 Å². The first-order valence-corrected chi connectivity index (χ1v) is 8.31. The Morgan fingerprint density at radius 3 is 3.21 bits per heavy atom. The average Bonchev–Trinajstić information content (AvgIpc) is 2.87. The van der Waals surface area contributed by atoms with Crippen molar-refractivity contribution in [1.82, 2.24) is 9.55 Å². The van der Waals surface area contributed by atoms with E-state index in [0.717, 1.165) is 12.0 Å². The Hall–Kier alpha value is -0.160. The van der Waals surface area contributed by atoms with Gasteiger partial charge in [0.25, 0.3) is 0 Å². The van der Waals surface area contributed by atoms with Crippen molar-refractivity contribution in [2.75, 3.05) is 7.11 Å². The SMILES string of the molecule is COC(=O)[C@@H]1C[C@H]1c1cnn(PI)c1. The summed E-state index contributed by atoms with van der Waals surface area (Å²) in [5.41, 5.74) is 1.16. The number of hydrogen-bond donors (Lipinski definition) is 0. The van der Waals surface area contributed by atoms with Gasteiger partial charge in [0.1, 0.15) is 0 Å². The first-order valence-electron chi connectivity index (χ1n) is 4.25.